The Balaban J connectivity index is 1.93. The van der Waals surface area contributed by atoms with Crippen LogP contribution in [0.2, 0.25) is 0 Å². The van der Waals surface area contributed by atoms with Crippen LogP contribution in [0.15, 0.2) is 11.1 Å². The molecule has 4 nitrogen and oxygen atoms in total. The monoisotopic (exact) mass is 346 g/mol. The summed E-state index contributed by atoms with van der Waals surface area (Å²) in [5, 5.41) is 2.81. The Morgan fingerprint density at radius 1 is 1.37 bits per heavy atom. The highest BCUT2D eigenvalue weighted by atomic mass is 79.9. The van der Waals surface area contributed by atoms with Gasteiger partial charge in [0, 0.05) is 22.7 Å². The average Bonchev–Trinajstić information content (AvgIpc) is 3.05. The number of carbonyl (C=O) groups is 2. The summed E-state index contributed by atoms with van der Waals surface area (Å²) in [5.41, 5.74) is 0. The lowest BCUT2D eigenvalue weighted by atomic mass is 10.1. The molecule has 0 bridgehead atoms. The fourth-order valence-electron chi connectivity index (χ4n) is 2.59. The second kappa shape index (κ2) is 6.79. The van der Waals surface area contributed by atoms with E-state index in [1.807, 2.05) is 0 Å². The van der Waals surface area contributed by atoms with Crippen LogP contribution in [0.4, 0.5) is 0 Å². The van der Waals surface area contributed by atoms with E-state index in [9.17, 15) is 9.59 Å². The molecular weight excluding hydrogens is 328 g/mol. The molecular formula is C13H19BrN2O2S. The summed E-state index contributed by atoms with van der Waals surface area (Å²) < 4.78 is 0.736. The molecule has 2 amide bonds. The van der Waals surface area contributed by atoms with Crippen molar-refractivity contribution in [3.63, 3.8) is 0 Å². The lowest BCUT2D eigenvalue weighted by Crippen LogP contribution is -2.48. The topological polar surface area (TPSA) is 49.4 Å². The van der Waals surface area contributed by atoms with Crippen molar-refractivity contribution < 1.29 is 9.59 Å². The van der Waals surface area contributed by atoms with Gasteiger partial charge in [-0.25, -0.2) is 0 Å². The Bertz CT molecular complexity index is 383. The van der Waals surface area contributed by atoms with Gasteiger partial charge in [-0.3, -0.25) is 9.59 Å². The Morgan fingerprint density at radius 2 is 2.05 bits per heavy atom. The van der Waals surface area contributed by atoms with Crippen molar-refractivity contribution in [2.75, 3.05) is 18.2 Å². The van der Waals surface area contributed by atoms with E-state index >= 15 is 0 Å². The first-order chi connectivity index (χ1) is 9.09. The summed E-state index contributed by atoms with van der Waals surface area (Å²) in [6.45, 7) is 4.10. The SMILES string of the molecule is C=C(Br)CNC(=O)[C@@H]1CSCN1C(=O)C1CCCC1. The maximum atomic E-state index is 12.4. The highest BCUT2D eigenvalue weighted by Gasteiger charge is 2.38. The van der Waals surface area contributed by atoms with E-state index in [-0.39, 0.29) is 23.8 Å². The molecule has 1 heterocycles. The van der Waals surface area contributed by atoms with Crippen LogP contribution >= 0.6 is 27.7 Å². The molecule has 0 spiro atoms. The number of halogens is 1. The van der Waals surface area contributed by atoms with Crippen LogP contribution in [0, 0.1) is 5.92 Å². The van der Waals surface area contributed by atoms with Crippen molar-refractivity contribution in [1.29, 1.82) is 0 Å². The van der Waals surface area contributed by atoms with E-state index in [0.717, 1.165) is 30.2 Å². The number of hydrogen-bond acceptors (Lipinski definition) is 3. The summed E-state index contributed by atoms with van der Waals surface area (Å²) >= 11 is 4.86. The van der Waals surface area contributed by atoms with Crippen molar-refractivity contribution in [2.24, 2.45) is 5.92 Å². The van der Waals surface area contributed by atoms with Crippen LogP contribution in [-0.4, -0.2) is 40.9 Å². The molecule has 1 N–H and O–H groups in total. The van der Waals surface area contributed by atoms with E-state index in [1.54, 1.807) is 16.7 Å². The summed E-state index contributed by atoms with van der Waals surface area (Å²) in [7, 11) is 0. The van der Waals surface area contributed by atoms with Crippen molar-refractivity contribution in [1.82, 2.24) is 10.2 Å². The molecule has 2 rings (SSSR count). The normalized spacial score (nSPS) is 23.6. The smallest absolute Gasteiger partial charge is 0.243 e. The fourth-order valence-corrected chi connectivity index (χ4v) is 3.89. The highest BCUT2D eigenvalue weighted by molar-refractivity contribution is 9.11. The first kappa shape index (κ1) is 14.9. The molecule has 19 heavy (non-hydrogen) atoms. The number of amides is 2. The summed E-state index contributed by atoms with van der Waals surface area (Å²) in [6, 6.07) is -0.315. The van der Waals surface area contributed by atoms with E-state index in [2.05, 4.69) is 27.8 Å². The van der Waals surface area contributed by atoms with Gasteiger partial charge in [-0.05, 0) is 12.8 Å². The van der Waals surface area contributed by atoms with Gasteiger partial charge in [0.1, 0.15) is 6.04 Å². The van der Waals surface area contributed by atoms with Gasteiger partial charge in [0.05, 0.1) is 5.88 Å². The molecule has 6 heteroatoms. The molecule has 1 saturated carbocycles. The van der Waals surface area contributed by atoms with E-state index in [0.29, 0.717) is 18.2 Å². The maximum absolute atomic E-state index is 12.4. The second-order valence-corrected chi connectivity index (χ2v) is 7.16. The van der Waals surface area contributed by atoms with Gasteiger partial charge in [-0.1, -0.05) is 35.4 Å². The number of nitrogens with one attached hydrogen (secondary N) is 1. The first-order valence-electron chi connectivity index (χ1n) is 6.59. The van der Waals surface area contributed by atoms with Crippen LogP contribution in [-0.2, 0) is 9.59 Å². The Kier molecular flexibility index (Phi) is 5.33. The van der Waals surface area contributed by atoms with Gasteiger partial charge in [0.2, 0.25) is 11.8 Å². The zero-order chi connectivity index (χ0) is 13.8. The van der Waals surface area contributed by atoms with Crippen LogP contribution in [0.25, 0.3) is 0 Å². The molecule has 0 aromatic rings. The van der Waals surface area contributed by atoms with E-state index in [4.69, 9.17) is 0 Å². The number of rotatable bonds is 4. The lowest BCUT2D eigenvalue weighted by molar-refractivity contribution is -0.140. The van der Waals surface area contributed by atoms with Crippen LogP contribution < -0.4 is 5.32 Å². The molecule has 2 aliphatic rings. The largest absolute Gasteiger partial charge is 0.350 e. The van der Waals surface area contributed by atoms with Gasteiger partial charge >= 0.3 is 0 Å². The number of hydrogen-bond donors (Lipinski definition) is 1. The second-order valence-electron chi connectivity index (χ2n) is 5.04. The maximum Gasteiger partial charge on any atom is 0.243 e. The standard InChI is InChI=1S/C13H19BrN2O2S/c1-9(14)6-15-12(17)11-7-19-8-16(11)13(18)10-4-2-3-5-10/h10-11H,1-8H2,(H,15,17)/t11-/m0/s1. The minimum Gasteiger partial charge on any atom is -0.350 e. The predicted octanol–water partition coefficient (Wildman–Crippen LogP) is 2.10. The quantitative estimate of drug-likeness (QED) is 0.847. The summed E-state index contributed by atoms with van der Waals surface area (Å²) in [6.07, 6.45) is 4.23. The molecule has 1 atom stereocenters. The van der Waals surface area contributed by atoms with Crippen molar-refractivity contribution >= 4 is 39.5 Å². The molecule has 2 fully saturated rings. The minimum absolute atomic E-state index is 0.0723. The predicted molar refractivity (Wildman–Crippen MR) is 81.0 cm³/mol. The van der Waals surface area contributed by atoms with Crippen LogP contribution in [0.5, 0.6) is 0 Å². The highest BCUT2D eigenvalue weighted by Crippen LogP contribution is 2.30. The number of nitrogens with zero attached hydrogens (tertiary/aromatic N) is 1. The van der Waals surface area contributed by atoms with Gasteiger partial charge in [-0.15, -0.1) is 11.8 Å². The zero-order valence-corrected chi connectivity index (χ0v) is 13.3. The summed E-state index contributed by atoms with van der Waals surface area (Å²) in [4.78, 5) is 26.3. The van der Waals surface area contributed by atoms with E-state index in [1.165, 1.54) is 0 Å². The molecule has 1 saturated heterocycles. The number of carbonyl (C=O) groups excluding carboxylic acids is 2. The van der Waals surface area contributed by atoms with Crippen molar-refractivity contribution in [3.8, 4) is 0 Å². The zero-order valence-electron chi connectivity index (χ0n) is 10.9. The third-order valence-corrected chi connectivity index (χ3v) is 4.92. The first-order valence-corrected chi connectivity index (χ1v) is 8.53. The molecule has 0 radical (unpaired) electrons. The van der Waals surface area contributed by atoms with Crippen LogP contribution in [0.1, 0.15) is 25.7 Å². The minimum atomic E-state index is -0.315. The molecule has 0 aromatic heterocycles. The Morgan fingerprint density at radius 3 is 2.68 bits per heavy atom. The number of thioether (sulfide) groups is 1. The van der Waals surface area contributed by atoms with Gasteiger partial charge < -0.3 is 10.2 Å². The van der Waals surface area contributed by atoms with Gasteiger partial charge in [0.15, 0.2) is 0 Å². The molecule has 1 aliphatic heterocycles. The fraction of sp³-hybridized carbons (Fsp3) is 0.692. The molecule has 106 valence electrons. The van der Waals surface area contributed by atoms with Crippen molar-refractivity contribution in [3.05, 3.63) is 11.1 Å². The molecule has 0 unspecified atom stereocenters. The Hall–Kier alpha value is -0.490. The Labute approximate surface area is 126 Å². The van der Waals surface area contributed by atoms with Gasteiger partial charge in [0.25, 0.3) is 0 Å². The average molecular weight is 347 g/mol. The lowest BCUT2D eigenvalue weighted by Gasteiger charge is -2.25. The van der Waals surface area contributed by atoms with E-state index < -0.39 is 0 Å². The molecule has 0 aromatic carbocycles. The third-order valence-electron chi connectivity index (χ3n) is 3.63. The molecule has 1 aliphatic carbocycles. The van der Waals surface area contributed by atoms with Gasteiger partial charge in [-0.2, -0.15) is 0 Å². The van der Waals surface area contributed by atoms with Crippen LogP contribution in [0.3, 0.4) is 0 Å². The third kappa shape index (κ3) is 3.75. The summed E-state index contributed by atoms with van der Waals surface area (Å²) in [5.74, 6) is 1.57. The van der Waals surface area contributed by atoms with Crippen molar-refractivity contribution in [2.45, 2.75) is 31.7 Å².